The molecule has 0 bridgehead atoms. The summed E-state index contributed by atoms with van der Waals surface area (Å²) in [6.45, 7) is 1.02. The Morgan fingerprint density at radius 1 is 1.13 bits per heavy atom. The molecule has 1 heterocycles. The monoisotopic (exact) mass is 335 g/mol. The third kappa shape index (κ3) is 2.35. The highest BCUT2D eigenvalue weighted by Gasteiger charge is 2.36. The second kappa shape index (κ2) is 4.86. The Morgan fingerprint density at radius 2 is 1.78 bits per heavy atom. The van der Waals surface area contributed by atoms with Crippen molar-refractivity contribution in [1.82, 2.24) is 5.06 Å². The van der Waals surface area contributed by atoms with E-state index in [0.29, 0.717) is 0 Å². The summed E-state index contributed by atoms with van der Waals surface area (Å²) in [5.41, 5.74) is -0.0770. The zero-order valence-corrected chi connectivity index (χ0v) is 12.5. The highest BCUT2D eigenvalue weighted by Crippen LogP contribution is 2.32. The number of carbonyl (C=O) groups is 3. The van der Waals surface area contributed by atoms with Crippen LogP contribution in [0.2, 0.25) is 0 Å². The topological polar surface area (TPSA) is 118 Å². The van der Waals surface area contributed by atoms with Crippen molar-refractivity contribution in [3.63, 3.8) is 0 Å². The second-order valence-electron chi connectivity index (χ2n) is 4.84. The molecule has 2 aromatic carbocycles. The van der Waals surface area contributed by atoms with E-state index in [2.05, 4.69) is 4.84 Å². The Labute approximate surface area is 130 Å². The summed E-state index contributed by atoms with van der Waals surface area (Å²) in [4.78, 5) is 39.9. The molecule has 1 N–H and O–H groups in total. The number of hydrogen-bond acceptors (Lipinski definition) is 6. The number of amides is 2. The molecule has 0 radical (unpaired) electrons. The van der Waals surface area contributed by atoms with Crippen LogP contribution in [0.15, 0.2) is 35.2 Å². The molecule has 118 valence electrons. The lowest BCUT2D eigenvalue weighted by Gasteiger charge is -2.25. The van der Waals surface area contributed by atoms with E-state index in [-0.39, 0.29) is 27.0 Å². The fraction of sp³-hybridized carbons (Fsp3) is 0.0714. The Morgan fingerprint density at radius 3 is 2.39 bits per heavy atom. The lowest BCUT2D eigenvalue weighted by Crippen LogP contribution is -2.41. The molecule has 0 saturated carbocycles. The summed E-state index contributed by atoms with van der Waals surface area (Å²) < 4.78 is 31.9. The number of hydroxylamine groups is 2. The highest BCUT2D eigenvalue weighted by molar-refractivity contribution is 7.85. The molecule has 2 aromatic rings. The van der Waals surface area contributed by atoms with Crippen molar-refractivity contribution in [2.75, 3.05) is 0 Å². The first-order valence-corrected chi connectivity index (χ1v) is 7.76. The van der Waals surface area contributed by atoms with Gasteiger partial charge in [-0.2, -0.15) is 8.42 Å². The maximum Gasteiger partial charge on any atom is 0.330 e. The van der Waals surface area contributed by atoms with Gasteiger partial charge in [-0.25, -0.2) is 4.79 Å². The van der Waals surface area contributed by atoms with Crippen LogP contribution >= 0.6 is 0 Å². The van der Waals surface area contributed by atoms with Gasteiger partial charge in [-0.15, -0.1) is 0 Å². The minimum Gasteiger partial charge on any atom is -0.330 e. The number of nitrogens with zero attached hydrogens (tertiary/aromatic N) is 1. The third-order valence-corrected chi connectivity index (χ3v) is 4.13. The molecule has 23 heavy (non-hydrogen) atoms. The smallest absolute Gasteiger partial charge is 0.330 e. The summed E-state index contributed by atoms with van der Waals surface area (Å²) in [5, 5.41) is 0.794. The third-order valence-electron chi connectivity index (χ3n) is 3.30. The summed E-state index contributed by atoms with van der Waals surface area (Å²) in [7, 11) is -4.56. The molecule has 9 heteroatoms. The molecular weight excluding hydrogens is 326 g/mol. The fourth-order valence-electron chi connectivity index (χ4n) is 2.42. The molecule has 0 aliphatic carbocycles. The van der Waals surface area contributed by atoms with Gasteiger partial charge in [0.1, 0.15) is 0 Å². The Bertz CT molecular complexity index is 994. The fourth-order valence-corrected chi connectivity index (χ4v) is 2.96. The number of rotatable bonds is 2. The maximum absolute atomic E-state index is 12.4. The van der Waals surface area contributed by atoms with Gasteiger partial charge in [0.15, 0.2) is 0 Å². The average Bonchev–Trinajstić information content (AvgIpc) is 2.47. The largest absolute Gasteiger partial charge is 0.330 e. The van der Waals surface area contributed by atoms with Gasteiger partial charge in [-0.1, -0.05) is 17.2 Å². The SMILES string of the molecule is CC(=O)ON1C(=O)c2cccc3cc(S(=O)(=O)O)cc(c23)C1=O. The van der Waals surface area contributed by atoms with Gasteiger partial charge in [-0.05, 0) is 23.6 Å². The van der Waals surface area contributed by atoms with Gasteiger partial charge < -0.3 is 4.84 Å². The van der Waals surface area contributed by atoms with Crippen molar-refractivity contribution in [2.24, 2.45) is 0 Å². The standard InChI is InChI=1S/C14H9NO7S/c1-7(16)22-15-13(17)10-4-2-3-8-5-9(23(19,20)21)6-11(12(8)10)14(15)18/h2-6H,1H3,(H,19,20,21). The van der Waals surface area contributed by atoms with Crippen LogP contribution in [0.1, 0.15) is 27.6 Å². The van der Waals surface area contributed by atoms with Crippen LogP contribution in [-0.2, 0) is 19.8 Å². The van der Waals surface area contributed by atoms with E-state index in [1.165, 1.54) is 18.2 Å². The molecular formula is C14H9NO7S. The van der Waals surface area contributed by atoms with Crippen LogP contribution in [0, 0.1) is 0 Å². The van der Waals surface area contributed by atoms with E-state index < -0.39 is 32.8 Å². The predicted molar refractivity (Wildman–Crippen MR) is 76.0 cm³/mol. The normalized spacial score (nSPS) is 14.3. The van der Waals surface area contributed by atoms with E-state index in [9.17, 15) is 27.4 Å². The van der Waals surface area contributed by atoms with Gasteiger partial charge in [0.25, 0.3) is 21.9 Å². The summed E-state index contributed by atoms with van der Waals surface area (Å²) in [5.74, 6) is -2.70. The molecule has 0 unspecified atom stereocenters. The van der Waals surface area contributed by atoms with E-state index >= 15 is 0 Å². The molecule has 0 fully saturated rings. The first-order valence-electron chi connectivity index (χ1n) is 6.32. The van der Waals surface area contributed by atoms with Gasteiger partial charge >= 0.3 is 5.97 Å². The lowest BCUT2D eigenvalue weighted by molar-refractivity contribution is -0.166. The molecule has 1 aliphatic heterocycles. The van der Waals surface area contributed by atoms with Crippen LogP contribution in [-0.4, -0.2) is 35.8 Å². The van der Waals surface area contributed by atoms with Gasteiger partial charge in [-0.3, -0.25) is 14.1 Å². The van der Waals surface area contributed by atoms with E-state index in [0.717, 1.165) is 19.1 Å². The molecule has 0 aromatic heterocycles. The van der Waals surface area contributed by atoms with Crippen LogP contribution in [0.4, 0.5) is 0 Å². The summed E-state index contributed by atoms with van der Waals surface area (Å²) >= 11 is 0. The number of imide groups is 1. The molecule has 0 atom stereocenters. The predicted octanol–water partition coefficient (Wildman–Crippen LogP) is 1.16. The number of carbonyl (C=O) groups excluding carboxylic acids is 3. The second-order valence-corrected chi connectivity index (χ2v) is 6.26. The van der Waals surface area contributed by atoms with Crippen LogP contribution in [0.5, 0.6) is 0 Å². The molecule has 2 amide bonds. The van der Waals surface area contributed by atoms with E-state index in [1.807, 2.05) is 0 Å². The van der Waals surface area contributed by atoms with Crippen molar-refractivity contribution < 1.29 is 32.2 Å². The average molecular weight is 335 g/mol. The molecule has 3 rings (SSSR count). The Hall–Kier alpha value is -2.78. The van der Waals surface area contributed by atoms with Crippen LogP contribution in [0.3, 0.4) is 0 Å². The first kappa shape index (κ1) is 15.1. The Kier molecular flexibility index (Phi) is 3.20. The molecule has 1 aliphatic rings. The van der Waals surface area contributed by atoms with Crippen molar-refractivity contribution in [3.05, 3.63) is 41.5 Å². The Balaban J connectivity index is 2.36. The molecule has 0 spiro atoms. The van der Waals surface area contributed by atoms with Crippen LogP contribution in [0.25, 0.3) is 10.8 Å². The van der Waals surface area contributed by atoms with Crippen molar-refractivity contribution >= 4 is 38.7 Å². The molecule has 8 nitrogen and oxygen atoms in total. The highest BCUT2D eigenvalue weighted by atomic mass is 32.2. The quantitative estimate of drug-likeness (QED) is 0.646. The minimum atomic E-state index is -4.56. The van der Waals surface area contributed by atoms with Crippen molar-refractivity contribution in [3.8, 4) is 0 Å². The van der Waals surface area contributed by atoms with E-state index in [1.54, 1.807) is 0 Å². The maximum atomic E-state index is 12.4. The first-order chi connectivity index (χ1) is 10.7. The minimum absolute atomic E-state index is 0.0836. The van der Waals surface area contributed by atoms with Crippen LogP contribution < -0.4 is 0 Å². The van der Waals surface area contributed by atoms with Gasteiger partial charge in [0, 0.05) is 12.3 Å². The summed E-state index contributed by atoms with van der Waals surface area (Å²) in [6, 6.07) is 6.49. The zero-order valence-electron chi connectivity index (χ0n) is 11.6. The summed E-state index contributed by atoms with van der Waals surface area (Å²) in [6.07, 6.45) is 0. The van der Waals surface area contributed by atoms with Gasteiger partial charge in [0.2, 0.25) is 0 Å². The van der Waals surface area contributed by atoms with Gasteiger partial charge in [0.05, 0.1) is 16.0 Å². The number of hydrogen-bond donors (Lipinski definition) is 1. The van der Waals surface area contributed by atoms with E-state index in [4.69, 9.17) is 0 Å². The number of benzene rings is 2. The zero-order chi connectivity index (χ0) is 16.9. The molecule has 0 saturated heterocycles. The van der Waals surface area contributed by atoms with Crippen molar-refractivity contribution in [2.45, 2.75) is 11.8 Å². The van der Waals surface area contributed by atoms with Crippen molar-refractivity contribution in [1.29, 1.82) is 0 Å². The lowest BCUT2D eigenvalue weighted by atomic mass is 9.95.